The Balaban J connectivity index is 1.69. The molecule has 0 bridgehead atoms. The number of piperidine rings is 1. The van der Waals surface area contributed by atoms with E-state index < -0.39 is 0 Å². The number of nitrogens with zero attached hydrogens (tertiary/aromatic N) is 2. The van der Waals surface area contributed by atoms with Gasteiger partial charge in [0, 0.05) is 12.1 Å². The molecule has 0 N–H and O–H groups in total. The van der Waals surface area contributed by atoms with Crippen LogP contribution in [0, 0.1) is 13.8 Å². The Morgan fingerprint density at radius 2 is 1.88 bits per heavy atom. The van der Waals surface area contributed by atoms with Gasteiger partial charge >= 0.3 is 0 Å². The lowest BCUT2D eigenvalue weighted by Crippen LogP contribution is -2.38. The highest BCUT2D eigenvalue weighted by Gasteiger charge is 2.31. The van der Waals surface area contributed by atoms with Crippen LogP contribution >= 0.6 is 11.3 Å². The predicted molar refractivity (Wildman–Crippen MR) is 103 cm³/mol. The lowest BCUT2D eigenvalue weighted by molar-refractivity contribution is 0.0611. The van der Waals surface area contributed by atoms with Gasteiger partial charge in [0.05, 0.1) is 16.3 Å². The van der Waals surface area contributed by atoms with Crippen LogP contribution in [0.3, 0.4) is 0 Å². The maximum absolute atomic E-state index is 13.2. The molecule has 1 aliphatic heterocycles. The van der Waals surface area contributed by atoms with Gasteiger partial charge in [0.1, 0.15) is 5.01 Å². The predicted octanol–water partition coefficient (Wildman–Crippen LogP) is 5.28. The van der Waals surface area contributed by atoms with Crippen molar-refractivity contribution in [1.29, 1.82) is 0 Å². The van der Waals surface area contributed by atoms with Crippen LogP contribution in [-0.2, 0) is 0 Å². The SMILES string of the molecule is Cc1cc(C)cc(C(=O)N2CCCC[C@H]2c2nc3ccccc3s2)c1. The van der Waals surface area contributed by atoms with Crippen molar-refractivity contribution in [2.45, 2.75) is 39.2 Å². The van der Waals surface area contributed by atoms with Gasteiger partial charge in [-0.05, 0) is 57.4 Å². The fraction of sp³-hybridized carbons (Fsp3) is 0.333. The number of hydrogen-bond donors (Lipinski definition) is 0. The minimum absolute atomic E-state index is 0.0967. The lowest BCUT2D eigenvalue weighted by Gasteiger charge is -2.34. The number of rotatable bonds is 2. The van der Waals surface area contributed by atoms with Crippen molar-refractivity contribution in [2.24, 2.45) is 0 Å². The molecule has 0 radical (unpaired) electrons. The molecule has 128 valence electrons. The normalized spacial score (nSPS) is 17.8. The van der Waals surface area contributed by atoms with Crippen molar-refractivity contribution in [3.8, 4) is 0 Å². The van der Waals surface area contributed by atoms with Gasteiger partial charge in [-0.2, -0.15) is 0 Å². The molecule has 1 fully saturated rings. The summed E-state index contributed by atoms with van der Waals surface area (Å²) in [5.41, 5.74) is 4.10. The Hall–Kier alpha value is -2.20. The van der Waals surface area contributed by atoms with E-state index in [1.165, 1.54) is 4.70 Å². The van der Waals surface area contributed by atoms with Crippen molar-refractivity contribution in [3.05, 3.63) is 64.2 Å². The third-order valence-electron chi connectivity index (χ3n) is 4.83. The summed E-state index contributed by atoms with van der Waals surface area (Å²) in [6.07, 6.45) is 3.21. The van der Waals surface area contributed by atoms with E-state index in [1.54, 1.807) is 11.3 Å². The topological polar surface area (TPSA) is 33.2 Å². The second kappa shape index (κ2) is 6.60. The first-order valence-corrected chi connectivity index (χ1v) is 9.68. The third kappa shape index (κ3) is 3.19. The number of fused-ring (bicyclic) bond motifs is 1. The van der Waals surface area contributed by atoms with E-state index in [9.17, 15) is 4.79 Å². The highest BCUT2D eigenvalue weighted by molar-refractivity contribution is 7.18. The van der Waals surface area contributed by atoms with Gasteiger partial charge in [-0.15, -0.1) is 11.3 Å². The van der Waals surface area contributed by atoms with Crippen LogP contribution in [0.25, 0.3) is 10.2 Å². The zero-order valence-corrected chi connectivity index (χ0v) is 15.5. The maximum Gasteiger partial charge on any atom is 0.254 e. The molecule has 1 aliphatic rings. The first-order chi connectivity index (χ1) is 12.1. The van der Waals surface area contributed by atoms with Gasteiger partial charge in [0.2, 0.25) is 0 Å². The monoisotopic (exact) mass is 350 g/mol. The molecular formula is C21H22N2OS. The van der Waals surface area contributed by atoms with E-state index >= 15 is 0 Å². The number of benzene rings is 2. The Morgan fingerprint density at radius 3 is 2.64 bits per heavy atom. The number of thiazole rings is 1. The number of aryl methyl sites for hydroxylation is 2. The van der Waals surface area contributed by atoms with Crippen molar-refractivity contribution in [2.75, 3.05) is 6.54 Å². The molecule has 0 unspecified atom stereocenters. The van der Waals surface area contributed by atoms with Crippen molar-refractivity contribution < 1.29 is 4.79 Å². The zero-order chi connectivity index (χ0) is 17.4. The van der Waals surface area contributed by atoms with Crippen molar-refractivity contribution in [1.82, 2.24) is 9.88 Å². The minimum Gasteiger partial charge on any atom is -0.329 e. The van der Waals surface area contributed by atoms with E-state index in [0.717, 1.165) is 53.0 Å². The van der Waals surface area contributed by atoms with Gasteiger partial charge in [0.15, 0.2) is 0 Å². The molecule has 0 aliphatic carbocycles. The summed E-state index contributed by atoms with van der Waals surface area (Å²) in [4.78, 5) is 20.1. The molecule has 3 nitrogen and oxygen atoms in total. The molecule has 25 heavy (non-hydrogen) atoms. The van der Waals surface area contributed by atoms with Crippen LogP contribution in [0.2, 0.25) is 0 Å². The molecule has 1 amide bonds. The summed E-state index contributed by atoms with van der Waals surface area (Å²) in [6.45, 7) is 4.91. The lowest BCUT2D eigenvalue weighted by atomic mass is 10.00. The summed E-state index contributed by atoms with van der Waals surface area (Å²) in [6, 6.07) is 14.4. The quantitative estimate of drug-likeness (QED) is 0.630. The van der Waals surface area contributed by atoms with Gasteiger partial charge in [-0.1, -0.05) is 29.3 Å². The zero-order valence-electron chi connectivity index (χ0n) is 14.7. The molecule has 0 spiro atoms. The first kappa shape index (κ1) is 16.3. The number of aromatic nitrogens is 1. The maximum atomic E-state index is 13.2. The average molecular weight is 350 g/mol. The fourth-order valence-electron chi connectivity index (χ4n) is 3.73. The number of para-hydroxylation sites is 1. The minimum atomic E-state index is 0.0967. The van der Waals surface area contributed by atoms with Crippen LogP contribution in [0.4, 0.5) is 0 Å². The van der Waals surface area contributed by atoms with Gasteiger partial charge < -0.3 is 4.90 Å². The summed E-state index contributed by atoms with van der Waals surface area (Å²) < 4.78 is 1.20. The standard InChI is InChI=1S/C21H22N2OS/c1-14-11-15(2)13-16(12-14)21(24)23-10-6-5-8-18(23)20-22-17-7-3-4-9-19(17)25-20/h3-4,7,9,11-13,18H,5-6,8,10H2,1-2H3/t18-/m0/s1. The summed E-state index contributed by atoms with van der Waals surface area (Å²) in [5, 5.41) is 1.07. The van der Waals surface area contributed by atoms with Gasteiger partial charge in [-0.3, -0.25) is 4.79 Å². The molecule has 2 aromatic carbocycles. The average Bonchev–Trinajstić information content (AvgIpc) is 3.04. The molecule has 1 atom stereocenters. The number of hydrogen-bond acceptors (Lipinski definition) is 3. The van der Waals surface area contributed by atoms with Gasteiger partial charge in [0.25, 0.3) is 5.91 Å². The second-order valence-electron chi connectivity index (χ2n) is 6.91. The third-order valence-corrected chi connectivity index (χ3v) is 5.97. The number of carbonyl (C=O) groups is 1. The summed E-state index contributed by atoms with van der Waals surface area (Å²) in [7, 11) is 0. The van der Waals surface area contributed by atoms with Gasteiger partial charge in [-0.25, -0.2) is 4.98 Å². The van der Waals surface area contributed by atoms with Crippen molar-refractivity contribution >= 4 is 27.5 Å². The van der Waals surface area contributed by atoms with Crippen LogP contribution in [0.1, 0.15) is 51.8 Å². The molecule has 4 heteroatoms. The summed E-state index contributed by atoms with van der Waals surface area (Å²) in [5.74, 6) is 0.135. The van der Waals surface area contributed by atoms with E-state index in [1.807, 2.05) is 49.1 Å². The van der Waals surface area contributed by atoms with E-state index in [4.69, 9.17) is 4.98 Å². The number of amides is 1. The van der Waals surface area contributed by atoms with Crippen LogP contribution < -0.4 is 0 Å². The van der Waals surface area contributed by atoms with E-state index in [0.29, 0.717) is 0 Å². The second-order valence-corrected chi connectivity index (χ2v) is 7.97. The Morgan fingerprint density at radius 1 is 1.12 bits per heavy atom. The molecule has 1 saturated heterocycles. The Labute approximate surface area is 152 Å². The van der Waals surface area contributed by atoms with E-state index in [-0.39, 0.29) is 11.9 Å². The fourth-order valence-corrected chi connectivity index (χ4v) is 4.84. The first-order valence-electron chi connectivity index (χ1n) is 8.86. The number of carbonyl (C=O) groups excluding carboxylic acids is 1. The molecular weight excluding hydrogens is 328 g/mol. The Bertz CT molecular complexity index is 877. The Kier molecular flexibility index (Phi) is 4.30. The highest BCUT2D eigenvalue weighted by atomic mass is 32.1. The highest BCUT2D eigenvalue weighted by Crippen LogP contribution is 2.36. The van der Waals surface area contributed by atoms with E-state index in [2.05, 4.69) is 12.1 Å². The van der Waals surface area contributed by atoms with Crippen molar-refractivity contribution in [3.63, 3.8) is 0 Å². The van der Waals surface area contributed by atoms with Crippen LogP contribution in [0.15, 0.2) is 42.5 Å². The largest absolute Gasteiger partial charge is 0.329 e. The molecule has 0 saturated carbocycles. The molecule has 1 aromatic heterocycles. The molecule has 2 heterocycles. The van der Waals surface area contributed by atoms with Crippen LogP contribution in [0.5, 0.6) is 0 Å². The molecule has 3 aromatic rings. The van der Waals surface area contributed by atoms with Crippen LogP contribution in [-0.4, -0.2) is 22.3 Å². The summed E-state index contributed by atoms with van der Waals surface area (Å²) >= 11 is 1.72. The number of likely N-dealkylation sites (tertiary alicyclic amines) is 1. The smallest absolute Gasteiger partial charge is 0.254 e. The molecule has 4 rings (SSSR count).